The summed E-state index contributed by atoms with van der Waals surface area (Å²) < 4.78 is 5.10. The quantitative estimate of drug-likeness (QED) is 0.676. The lowest BCUT2D eigenvalue weighted by Crippen LogP contribution is -2.38. The van der Waals surface area contributed by atoms with Crippen molar-refractivity contribution in [1.29, 1.82) is 0 Å². The van der Waals surface area contributed by atoms with Crippen LogP contribution in [0.3, 0.4) is 0 Å². The van der Waals surface area contributed by atoms with Gasteiger partial charge in [0.2, 0.25) is 5.91 Å². The number of hydrogen-bond acceptors (Lipinski definition) is 7. The molecule has 7 nitrogen and oxygen atoms in total. The first-order valence-electron chi connectivity index (χ1n) is 10.2. The van der Waals surface area contributed by atoms with Crippen LogP contribution in [0, 0.1) is 6.92 Å². The summed E-state index contributed by atoms with van der Waals surface area (Å²) in [6, 6.07) is 11.3. The standard InChI is InChI=1S/C24H24N4O3S/c1-15-7-4-5-9-19(15)22-21(23(30)31-3)16(2)27-24-28(22)18(14-32-24)11-20(29)26-13-17-8-6-10-25-12-17/h4-10,12,14,22H,11,13H2,1-3H3,(H,26,29). The average molecular weight is 449 g/mol. The number of esters is 1. The molecule has 1 amide bonds. The number of aryl methyl sites for hydroxylation is 1. The molecule has 3 heterocycles. The summed E-state index contributed by atoms with van der Waals surface area (Å²) >= 11 is 1.46. The predicted octanol–water partition coefficient (Wildman–Crippen LogP) is 3.84. The zero-order chi connectivity index (χ0) is 22.7. The number of rotatable bonds is 6. The highest BCUT2D eigenvalue weighted by molar-refractivity contribution is 8.16. The number of methoxy groups -OCH3 is 1. The predicted molar refractivity (Wildman–Crippen MR) is 124 cm³/mol. The summed E-state index contributed by atoms with van der Waals surface area (Å²) in [6.07, 6.45) is 3.59. The molecule has 2 aliphatic rings. The van der Waals surface area contributed by atoms with E-state index in [2.05, 4.69) is 15.3 Å². The molecule has 8 heteroatoms. The van der Waals surface area contributed by atoms with Gasteiger partial charge in [0.1, 0.15) is 0 Å². The third kappa shape index (κ3) is 4.31. The number of hydrogen-bond donors (Lipinski definition) is 1. The van der Waals surface area contributed by atoms with Gasteiger partial charge in [0, 0.05) is 24.6 Å². The van der Waals surface area contributed by atoms with Crippen LogP contribution in [0.15, 0.2) is 76.2 Å². The van der Waals surface area contributed by atoms with E-state index in [9.17, 15) is 9.59 Å². The number of carbonyl (C=O) groups excluding carboxylic acids is 2. The third-order valence-corrected chi connectivity index (χ3v) is 6.33. The molecule has 0 saturated heterocycles. The highest BCUT2D eigenvalue weighted by Crippen LogP contribution is 2.45. The number of aliphatic imine (C=N–C) groups is 1. The number of allylic oxidation sites excluding steroid dienone is 1. The summed E-state index contributed by atoms with van der Waals surface area (Å²) in [5.41, 5.74) is 4.85. The van der Waals surface area contributed by atoms with E-state index in [-0.39, 0.29) is 12.3 Å². The van der Waals surface area contributed by atoms with Crippen LogP contribution in [0.25, 0.3) is 0 Å². The third-order valence-electron chi connectivity index (χ3n) is 5.44. The first-order chi connectivity index (χ1) is 15.5. The Hall–Kier alpha value is -3.39. The first-order valence-corrected chi connectivity index (χ1v) is 11.1. The number of benzene rings is 1. The van der Waals surface area contributed by atoms with E-state index in [0.29, 0.717) is 17.8 Å². The Morgan fingerprint density at radius 2 is 2.00 bits per heavy atom. The maximum atomic E-state index is 12.8. The largest absolute Gasteiger partial charge is 0.466 e. The van der Waals surface area contributed by atoms with Crippen LogP contribution in [0.2, 0.25) is 0 Å². The molecule has 1 unspecified atom stereocenters. The van der Waals surface area contributed by atoms with E-state index >= 15 is 0 Å². The topological polar surface area (TPSA) is 83.9 Å². The minimum Gasteiger partial charge on any atom is -0.466 e. The lowest BCUT2D eigenvalue weighted by atomic mass is 9.91. The zero-order valence-corrected chi connectivity index (χ0v) is 19.0. The van der Waals surface area contributed by atoms with Gasteiger partial charge in [0.15, 0.2) is 5.17 Å². The van der Waals surface area contributed by atoms with E-state index in [0.717, 1.165) is 27.6 Å². The van der Waals surface area contributed by atoms with Crippen molar-refractivity contribution in [1.82, 2.24) is 15.2 Å². The molecule has 1 aromatic carbocycles. The Bertz CT molecular complexity index is 1140. The Labute approximate surface area is 191 Å². The minimum absolute atomic E-state index is 0.114. The van der Waals surface area contributed by atoms with Crippen LogP contribution in [0.1, 0.15) is 36.1 Å². The highest BCUT2D eigenvalue weighted by atomic mass is 32.2. The van der Waals surface area contributed by atoms with E-state index in [1.807, 2.05) is 60.6 Å². The number of pyridine rings is 1. The Morgan fingerprint density at radius 1 is 1.19 bits per heavy atom. The molecule has 1 atom stereocenters. The van der Waals surface area contributed by atoms with Crippen molar-refractivity contribution in [2.45, 2.75) is 32.9 Å². The molecule has 0 aliphatic carbocycles. The number of thioether (sulfide) groups is 1. The van der Waals surface area contributed by atoms with Crippen LogP contribution in [-0.4, -0.2) is 34.0 Å². The fourth-order valence-corrected chi connectivity index (χ4v) is 4.82. The molecule has 4 rings (SSSR count). The molecule has 0 fully saturated rings. The maximum absolute atomic E-state index is 12.8. The van der Waals surface area contributed by atoms with Crippen molar-refractivity contribution in [3.63, 3.8) is 0 Å². The van der Waals surface area contributed by atoms with Gasteiger partial charge in [-0.2, -0.15) is 0 Å². The van der Waals surface area contributed by atoms with E-state index in [4.69, 9.17) is 4.74 Å². The summed E-state index contributed by atoms with van der Waals surface area (Å²) in [5.74, 6) is -0.535. The van der Waals surface area contributed by atoms with Gasteiger partial charge in [-0.15, -0.1) is 0 Å². The molecule has 0 saturated carbocycles. The van der Waals surface area contributed by atoms with Gasteiger partial charge < -0.3 is 15.0 Å². The molecule has 32 heavy (non-hydrogen) atoms. The van der Waals surface area contributed by atoms with Crippen LogP contribution in [0.5, 0.6) is 0 Å². The molecule has 0 radical (unpaired) electrons. The van der Waals surface area contributed by atoms with Crippen LogP contribution in [-0.2, 0) is 20.9 Å². The summed E-state index contributed by atoms with van der Waals surface area (Å²) in [6.45, 7) is 4.24. The van der Waals surface area contributed by atoms with Gasteiger partial charge in [-0.25, -0.2) is 9.79 Å². The van der Waals surface area contributed by atoms with E-state index in [1.54, 1.807) is 12.4 Å². The van der Waals surface area contributed by atoms with Crippen LogP contribution < -0.4 is 5.32 Å². The van der Waals surface area contributed by atoms with Gasteiger partial charge >= 0.3 is 5.97 Å². The van der Waals surface area contributed by atoms with E-state index in [1.165, 1.54) is 18.9 Å². The van der Waals surface area contributed by atoms with Crippen LogP contribution in [0.4, 0.5) is 0 Å². The van der Waals surface area contributed by atoms with Crippen molar-refractivity contribution < 1.29 is 14.3 Å². The van der Waals surface area contributed by atoms with Crippen molar-refractivity contribution in [2.24, 2.45) is 4.99 Å². The fraction of sp³-hybridized carbons (Fsp3) is 0.250. The number of carbonyl (C=O) groups is 2. The molecule has 164 valence electrons. The summed E-state index contributed by atoms with van der Waals surface area (Å²) in [5, 5.41) is 5.62. The summed E-state index contributed by atoms with van der Waals surface area (Å²) in [4.78, 5) is 36.2. The molecular weight excluding hydrogens is 424 g/mol. The lowest BCUT2D eigenvalue weighted by Gasteiger charge is -2.36. The lowest BCUT2D eigenvalue weighted by molar-refractivity contribution is -0.136. The number of amides is 1. The normalized spacial score (nSPS) is 17.5. The number of nitrogens with one attached hydrogen (secondary N) is 1. The average Bonchev–Trinajstić information content (AvgIpc) is 3.19. The number of fused-ring (bicyclic) bond motifs is 1. The highest BCUT2D eigenvalue weighted by Gasteiger charge is 2.41. The molecule has 0 spiro atoms. The minimum atomic E-state index is -0.421. The van der Waals surface area contributed by atoms with Gasteiger partial charge in [-0.05, 0) is 42.0 Å². The summed E-state index contributed by atoms with van der Waals surface area (Å²) in [7, 11) is 1.37. The number of amidine groups is 1. The van der Waals surface area contributed by atoms with Crippen molar-refractivity contribution in [3.8, 4) is 0 Å². The second kappa shape index (κ2) is 9.40. The van der Waals surface area contributed by atoms with Gasteiger partial charge in [-0.1, -0.05) is 42.1 Å². The second-order valence-corrected chi connectivity index (χ2v) is 8.39. The van der Waals surface area contributed by atoms with Gasteiger partial charge in [0.25, 0.3) is 0 Å². The number of ether oxygens (including phenoxy) is 1. The smallest absolute Gasteiger partial charge is 0.338 e. The Kier molecular flexibility index (Phi) is 6.41. The fourth-order valence-electron chi connectivity index (χ4n) is 3.86. The number of aromatic nitrogens is 1. The van der Waals surface area contributed by atoms with Crippen molar-refractivity contribution >= 4 is 28.8 Å². The molecule has 2 aliphatic heterocycles. The van der Waals surface area contributed by atoms with E-state index < -0.39 is 12.0 Å². The van der Waals surface area contributed by atoms with Crippen LogP contribution >= 0.6 is 11.8 Å². The van der Waals surface area contributed by atoms with Gasteiger partial charge in [0.05, 0.1) is 30.8 Å². The second-order valence-electron chi connectivity index (χ2n) is 7.56. The zero-order valence-electron chi connectivity index (χ0n) is 18.2. The number of nitrogens with zero attached hydrogens (tertiary/aromatic N) is 3. The Morgan fingerprint density at radius 3 is 2.72 bits per heavy atom. The van der Waals surface area contributed by atoms with Crippen molar-refractivity contribution in [2.75, 3.05) is 7.11 Å². The van der Waals surface area contributed by atoms with Crippen molar-refractivity contribution in [3.05, 3.63) is 87.9 Å². The first kappa shape index (κ1) is 21.8. The molecule has 1 aromatic heterocycles. The monoisotopic (exact) mass is 448 g/mol. The molecule has 2 aromatic rings. The SMILES string of the molecule is COC(=O)C1=C(C)N=C2SC=C(CC(=O)NCc3cccnc3)N2C1c1ccccc1C. The molecule has 0 bridgehead atoms. The molecular formula is C24H24N4O3S. The maximum Gasteiger partial charge on any atom is 0.338 e. The molecule has 1 N–H and O–H groups in total. The van der Waals surface area contributed by atoms with Gasteiger partial charge in [-0.3, -0.25) is 9.78 Å². The Balaban J connectivity index is 1.62.